The molecular weight excluding hydrogens is 222 g/mol. The second-order valence-corrected chi connectivity index (χ2v) is 6.35. The van der Waals surface area contributed by atoms with Crippen LogP contribution in [0.2, 0.25) is 0 Å². The molecule has 0 saturated heterocycles. The van der Waals surface area contributed by atoms with Gasteiger partial charge in [0.1, 0.15) is 0 Å². The zero-order valence-electron chi connectivity index (χ0n) is 12.1. The van der Waals surface area contributed by atoms with Crippen LogP contribution in [0.4, 0.5) is 0 Å². The smallest absolute Gasteiger partial charge is 0.0518 e. The van der Waals surface area contributed by atoms with E-state index < -0.39 is 0 Å². The summed E-state index contributed by atoms with van der Waals surface area (Å²) in [7, 11) is 2.01. The molecule has 1 saturated carbocycles. The van der Waals surface area contributed by atoms with Gasteiger partial charge in [-0.25, -0.2) is 0 Å². The van der Waals surface area contributed by atoms with Crippen molar-refractivity contribution in [2.75, 3.05) is 6.54 Å². The van der Waals surface area contributed by atoms with Crippen LogP contribution in [0.25, 0.3) is 0 Å². The molecule has 2 rings (SSSR count). The minimum Gasteiger partial charge on any atom is -0.311 e. The molecule has 1 aromatic rings. The van der Waals surface area contributed by atoms with Crippen molar-refractivity contribution in [1.29, 1.82) is 0 Å². The number of rotatable bonds is 6. The maximum Gasteiger partial charge on any atom is 0.0518 e. The van der Waals surface area contributed by atoms with Crippen molar-refractivity contribution < 1.29 is 0 Å². The molecular formula is C15H27N3. The van der Waals surface area contributed by atoms with E-state index in [0.29, 0.717) is 5.41 Å². The van der Waals surface area contributed by atoms with Crippen molar-refractivity contribution >= 4 is 0 Å². The highest BCUT2D eigenvalue weighted by Crippen LogP contribution is 2.42. The first-order valence-electron chi connectivity index (χ1n) is 7.29. The van der Waals surface area contributed by atoms with Gasteiger partial charge in [0.05, 0.1) is 5.69 Å². The fraction of sp³-hybridized carbons (Fsp3) is 0.800. The Morgan fingerprint density at radius 3 is 2.67 bits per heavy atom. The standard InChI is InChI=1S/C15H27N3/c1-13(2)10-15(7-4-5-8-15)12-16-11-14-6-9-17-18(14)3/h6,9,13,16H,4-5,7-8,10-12H2,1-3H3. The Morgan fingerprint density at radius 2 is 2.11 bits per heavy atom. The maximum atomic E-state index is 4.21. The SMILES string of the molecule is CC(C)CC1(CNCc2ccnn2C)CCCC1. The van der Waals surface area contributed by atoms with Gasteiger partial charge in [0, 0.05) is 26.3 Å². The van der Waals surface area contributed by atoms with Gasteiger partial charge in [0.25, 0.3) is 0 Å². The van der Waals surface area contributed by atoms with Crippen LogP contribution in [0, 0.1) is 11.3 Å². The van der Waals surface area contributed by atoms with Crippen molar-refractivity contribution in [2.24, 2.45) is 18.4 Å². The molecule has 1 aliphatic carbocycles. The van der Waals surface area contributed by atoms with Crippen molar-refractivity contribution in [3.63, 3.8) is 0 Å². The predicted octanol–water partition coefficient (Wildman–Crippen LogP) is 3.12. The lowest BCUT2D eigenvalue weighted by atomic mass is 9.78. The van der Waals surface area contributed by atoms with Gasteiger partial charge >= 0.3 is 0 Å². The molecule has 0 radical (unpaired) electrons. The Labute approximate surface area is 111 Å². The van der Waals surface area contributed by atoms with E-state index in [0.717, 1.165) is 19.0 Å². The van der Waals surface area contributed by atoms with Crippen LogP contribution in [-0.4, -0.2) is 16.3 Å². The lowest BCUT2D eigenvalue weighted by Crippen LogP contribution is -2.33. The van der Waals surface area contributed by atoms with Crippen molar-refractivity contribution in [3.8, 4) is 0 Å². The van der Waals surface area contributed by atoms with Crippen LogP contribution in [0.1, 0.15) is 51.6 Å². The molecule has 1 aliphatic rings. The minimum absolute atomic E-state index is 0.562. The molecule has 0 atom stereocenters. The van der Waals surface area contributed by atoms with Gasteiger partial charge in [-0.15, -0.1) is 0 Å². The molecule has 3 nitrogen and oxygen atoms in total. The first-order valence-corrected chi connectivity index (χ1v) is 7.29. The summed E-state index contributed by atoms with van der Waals surface area (Å²) < 4.78 is 1.96. The molecule has 3 heteroatoms. The average Bonchev–Trinajstić information content (AvgIpc) is 2.89. The first kappa shape index (κ1) is 13.6. The molecule has 0 bridgehead atoms. The lowest BCUT2D eigenvalue weighted by Gasteiger charge is -2.31. The van der Waals surface area contributed by atoms with Crippen LogP contribution in [-0.2, 0) is 13.6 Å². The van der Waals surface area contributed by atoms with E-state index in [-0.39, 0.29) is 0 Å². The molecule has 0 amide bonds. The lowest BCUT2D eigenvalue weighted by molar-refractivity contribution is 0.223. The van der Waals surface area contributed by atoms with E-state index in [2.05, 4.69) is 30.3 Å². The number of hydrogen-bond donors (Lipinski definition) is 1. The third kappa shape index (κ3) is 3.35. The first-order chi connectivity index (χ1) is 8.61. The summed E-state index contributed by atoms with van der Waals surface area (Å²) in [6.07, 6.45) is 8.88. The molecule has 1 aromatic heterocycles. The Kier molecular flexibility index (Phi) is 4.44. The van der Waals surface area contributed by atoms with E-state index in [1.165, 1.54) is 37.8 Å². The van der Waals surface area contributed by atoms with E-state index in [1.54, 1.807) is 0 Å². The summed E-state index contributed by atoms with van der Waals surface area (Å²) >= 11 is 0. The fourth-order valence-electron chi connectivity index (χ4n) is 3.47. The average molecular weight is 249 g/mol. The number of hydrogen-bond acceptors (Lipinski definition) is 2. The van der Waals surface area contributed by atoms with Crippen molar-refractivity contribution in [3.05, 3.63) is 18.0 Å². The van der Waals surface area contributed by atoms with Gasteiger partial charge in [-0.3, -0.25) is 4.68 Å². The quantitative estimate of drug-likeness (QED) is 0.839. The molecule has 0 aliphatic heterocycles. The number of aromatic nitrogens is 2. The Hall–Kier alpha value is -0.830. The van der Waals surface area contributed by atoms with E-state index in [1.807, 2.05) is 17.9 Å². The Morgan fingerprint density at radius 1 is 1.39 bits per heavy atom. The zero-order chi connectivity index (χ0) is 13.0. The topological polar surface area (TPSA) is 29.9 Å². The monoisotopic (exact) mass is 249 g/mol. The molecule has 1 N–H and O–H groups in total. The summed E-state index contributed by atoms with van der Waals surface area (Å²) in [5, 5.41) is 7.87. The van der Waals surface area contributed by atoms with Crippen LogP contribution in [0.15, 0.2) is 12.3 Å². The molecule has 1 fully saturated rings. The Bertz CT molecular complexity index is 362. The molecule has 1 heterocycles. The zero-order valence-corrected chi connectivity index (χ0v) is 12.1. The van der Waals surface area contributed by atoms with Crippen LogP contribution >= 0.6 is 0 Å². The second-order valence-electron chi connectivity index (χ2n) is 6.35. The molecule has 0 aromatic carbocycles. The van der Waals surface area contributed by atoms with Gasteiger partial charge in [0.2, 0.25) is 0 Å². The van der Waals surface area contributed by atoms with Crippen molar-refractivity contribution in [1.82, 2.24) is 15.1 Å². The number of aryl methyl sites for hydroxylation is 1. The minimum atomic E-state index is 0.562. The summed E-state index contributed by atoms with van der Waals surface area (Å²) in [4.78, 5) is 0. The van der Waals surface area contributed by atoms with Gasteiger partial charge < -0.3 is 5.32 Å². The van der Waals surface area contributed by atoms with Gasteiger partial charge in [-0.2, -0.15) is 5.10 Å². The van der Waals surface area contributed by atoms with Gasteiger partial charge in [-0.1, -0.05) is 26.7 Å². The van der Waals surface area contributed by atoms with Crippen LogP contribution in [0.5, 0.6) is 0 Å². The van der Waals surface area contributed by atoms with E-state index in [9.17, 15) is 0 Å². The number of nitrogens with one attached hydrogen (secondary N) is 1. The highest BCUT2D eigenvalue weighted by Gasteiger charge is 2.33. The second kappa shape index (κ2) is 5.87. The highest BCUT2D eigenvalue weighted by molar-refractivity contribution is 4.99. The molecule has 0 unspecified atom stereocenters. The van der Waals surface area contributed by atoms with E-state index in [4.69, 9.17) is 0 Å². The molecule has 18 heavy (non-hydrogen) atoms. The third-order valence-corrected chi connectivity index (χ3v) is 4.23. The summed E-state index contributed by atoms with van der Waals surface area (Å²) in [6.45, 7) is 6.80. The van der Waals surface area contributed by atoms with Gasteiger partial charge in [-0.05, 0) is 36.7 Å². The summed E-state index contributed by atoms with van der Waals surface area (Å²) in [6, 6.07) is 2.09. The molecule has 102 valence electrons. The van der Waals surface area contributed by atoms with Crippen LogP contribution < -0.4 is 5.32 Å². The molecule has 0 spiro atoms. The number of nitrogens with zero attached hydrogens (tertiary/aromatic N) is 2. The third-order valence-electron chi connectivity index (χ3n) is 4.23. The van der Waals surface area contributed by atoms with E-state index >= 15 is 0 Å². The highest BCUT2D eigenvalue weighted by atomic mass is 15.3. The fourth-order valence-corrected chi connectivity index (χ4v) is 3.47. The van der Waals surface area contributed by atoms with Crippen LogP contribution in [0.3, 0.4) is 0 Å². The van der Waals surface area contributed by atoms with Gasteiger partial charge in [0.15, 0.2) is 0 Å². The Balaban J connectivity index is 1.85. The van der Waals surface area contributed by atoms with Crippen molar-refractivity contribution in [2.45, 2.75) is 52.5 Å². The largest absolute Gasteiger partial charge is 0.311 e. The summed E-state index contributed by atoms with van der Waals surface area (Å²) in [5.74, 6) is 0.807. The normalized spacial score (nSPS) is 18.7. The summed E-state index contributed by atoms with van der Waals surface area (Å²) in [5.41, 5.74) is 1.83. The maximum absolute atomic E-state index is 4.21. The predicted molar refractivity (Wildman–Crippen MR) is 75.3 cm³/mol.